The van der Waals surface area contributed by atoms with Crippen LogP contribution in [0, 0.1) is 6.92 Å². The van der Waals surface area contributed by atoms with Gasteiger partial charge in [0.2, 0.25) is 0 Å². The molecule has 0 bridgehead atoms. The summed E-state index contributed by atoms with van der Waals surface area (Å²) in [6.07, 6.45) is 0. The number of carbonyl (C=O) groups is 1. The van der Waals surface area contributed by atoms with E-state index >= 15 is 0 Å². The van der Waals surface area contributed by atoms with E-state index in [1.165, 1.54) is 0 Å². The minimum atomic E-state index is -0.550. The van der Waals surface area contributed by atoms with Crippen molar-refractivity contribution >= 4 is 5.91 Å². The second-order valence-corrected chi connectivity index (χ2v) is 3.00. The van der Waals surface area contributed by atoms with Crippen molar-refractivity contribution in [3.63, 3.8) is 0 Å². The van der Waals surface area contributed by atoms with Crippen molar-refractivity contribution in [2.24, 2.45) is 5.73 Å². The number of carbonyl (C=O) groups excluding carboxylic acids is 1. The van der Waals surface area contributed by atoms with Gasteiger partial charge < -0.3 is 5.73 Å². The zero-order valence-corrected chi connectivity index (χ0v) is 7.74. The standard InChI is InChI=1S/C8H12N4O/c1-5(2)4-12-6(3)7(8(9)13)10-11-12/h1,4H2,2-3H3,(H2,9,13). The Morgan fingerprint density at radius 2 is 2.31 bits per heavy atom. The zero-order valence-electron chi connectivity index (χ0n) is 7.74. The molecule has 2 N–H and O–H groups in total. The van der Waals surface area contributed by atoms with Gasteiger partial charge in [-0.2, -0.15) is 0 Å². The van der Waals surface area contributed by atoms with Gasteiger partial charge in [0.05, 0.1) is 12.2 Å². The number of rotatable bonds is 3. The Morgan fingerprint density at radius 1 is 1.69 bits per heavy atom. The molecule has 0 unspecified atom stereocenters. The predicted molar refractivity (Wildman–Crippen MR) is 48.1 cm³/mol. The molecular formula is C8H12N4O. The zero-order chi connectivity index (χ0) is 10.0. The van der Waals surface area contributed by atoms with Gasteiger partial charge >= 0.3 is 0 Å². The molecule has 0 saturated heterocycles. The highest BCUT2D eigenvalue weighted by atomic mass is 16.1. The fraction of sp³-hybridized carbons (Fsp3) is 0.375. The van der Waals surface area contributed by atoms with E-state index in [1.807, 2.05) is 6.92 Å². The van der Waals surface area contributed by atoms with Gasteiger partial charge in [-0.1, -0.05) is 17.4 Å². The summed E-state index contributed by atoms with van der Waals surface area (Å²) in [6.45, 7) is 7.94. The molecule has 0 fully saturated rings. The third-order valence-electron chi connectivity index (χ3n) is 1.64. The quantitative estimate of drug-likeness (QED) is 0.678. The smallest absolute Gasteiger partial charge is 0.271 e. The second-order valence-electron chi connectivity index (χ2n) is 3.00. The fourth-order valence-electron chi connectivity index (χ4n) is 0.994. The Balaban J connectivity index is 2.99. The molecule has 0 aromatic carbocycles. The Labute approximate surface area is 76.2 Å². The van der Waals surface area contributed by atoms with Crippen LogP contribution in [0.2, 0.25) is 0 Å². The number of primary amides is 1. The molecule has 1 heterocycles. The lowest BCUT2D eigenvalue weighted by molar-refractivity contribution is 0.0995. The summed E-state index contributed by atoms with van der Waals surface area (Å²) < 4.78 is 1.60. The molecule has 0 aliphatic heterocycles. The number of allylic oxidation sites excluding steroid dienone is 1. The molecule has 0 atom stereocenters. The van der Waals surface area contributed by atoms with Crippen molar-refractivity contribution in [1.29, 1.82) is 0 Å². The second kappa shape index (κ2) is 3.38. The van der Waals surface area contributed by atoms with Gasteiger partial charge in [-0.3, -0.25) is 4.79 Å². The number of hydrogen-bond acceptors (Lipinski definition) is 3. The van der Waals surface area contributed by atoms with E-state index in [9.17, 15) is 4.79 Å². The lowest BCUT2D eigenvalue weighted by Crippen LogP contribution is -2.13. The third kappa shape index (κ3) is 1.93. The first-order chi connectivity index (χ1) is 6.02. The van der Waals surface area contributed by atoms with E-state index in [0.717, 1.165) is 5.57 Å². The average molecular weight is 180 g/mol. The molecule has 1 rings (SSSR count). The molecule has 0 aliphatic carbocycles. The first-order valence-electron chi connectivity index (χ1n) is 3.86. The van der Waals surface area contributed by atoms with Gasteiger partial charge in [0.1, 0.15) is 0 Å². The third-order valence-corrected chi connectivity index (χ3v) is 1.64. The maximum Gasteiger partial charge on any atom is 0.271 e. The van der Waals surface area contributed by atoms with Crippen molar-refractivity contribution in [1.82, 2.24) is 15.0 Å². The van der Waals surface area contributed by atoms with E-state index in [-0.39, 0.29) is 5.69 Å². The number of nitrogens with zero attached hydrogens (tertiary/aromatic N) is 3. The minimum Gasteiger partial charge on any atom is -0.364 e. The van der Waals surface area contributed by atoms with E-state index < -0.39 is 5.91 Å². The van der Waals surface area contributed by atoms with Crippen LogP contribution >= 0.6 is 0 Å². The first-order valence-corrected chi connectivity index (χ1v) is 3.86. The van der Waals surface area contributed by atoms with Crippen LogP contribution < -0.4 is 5.73 Å². The molecule has 70 valence electrons. The molecule has 1 aromatic heterocycles. The summed E-state index contributed by atoms with van der Waals surface area (Å²) in [4.78, 5) is 10.8. The van der Waals surface area contributed by atoms with E-state index in [1.54, 1.807) is 11.6 Å². The average Bonchev–Trinajstić information content (AvgIpc) is 2.32. The normalized spacial score (nSPS) is 10.0. The van der Waals surface area contributed by atoms with Gasteiger partial charge in [0.25, 0.3) is 5.91 Å². The van der Waals surface area contributed by atoms with Gasteiger partial charge in [-0.25, -0.2) is 4.68 Å². The first kappa shape index (κ1) is 9.44. The predicted octanol–water partition coefficient (Wildman–Crippen LogP) is 0.262. The highest BCUT2D eigenvalue weighted by Crippen LogP contribution is 2.04. The number of amides is 1. The van der Waals surface area contributed by atoms with Crippen LogP contribution in [-0.4, -0.2) is 20.9 Å². The maximum atomic E-state index is 10.8. The molecular weight excluding hydrogens is 168 g/mol. The van der Waals surface area contributed by atoms with Crippen LogP contribution in [-0.2, 0) is 6.54 Å². The van der Waals surface area contributed by atoms with Crippen LogP contribution in [0.1, 0.15) is 23.1 Å². The van der Waals surface area contributed by atoms with E-state index in [2.05, 4.69) is 16.9 Å². The Morgan fingerprint density at radius 3 is 2.69 bits per heavy atom. The van der Waals surface area contributed by atoms with Crippen LogP contribution in [0.4, 0.5) is 0 Å². The summed E-state index contributed by atoms with van der Waals surface area (Å²) in [7, 11) is 0. The molecule has 5 heteroatoms. The molecule has 1 aromatic rings. The minimum absolute atomic E-state index is 0.223. The van der Waals surface area contributed by atoms with Crippen molar-refractivity contribution in [3.05, 3.63) is 23.5 Å². The molecule has 0 radical (unpaired) electrons. The van der Waals surface area contributed by atoms with Crippen LogP contribution in [0.25, 0.3) is 0 Å². The molecule has 5 nitrogen and oxygen atoms in total. The Hall–Kier alpha value is -1.65. The van der Waals surface area contributed by atoms with Crippen LogP contribution in [0.5, 0.6) is 0 Å². The summed E-state index contributed by atoms with van der Waals surface area (Å²) in [6, 6.07) is 0. The van der Waals surface area contributed by atoms with Crippen molar-refractivity contribution in [2.45, 2.75) is 20.4 Å². The number of aromatic nitrogens is 3. The Bertz CT molecular complexity index is 353. The lowest BCUT2D eigenvalue weighted by atomic mass is 10.3. The summed E-state index contributed by atoms with van der Waals surface area (Å²) in [5.74, 6) is -0.550. The summed E-state index contributed by atoms with van der Waals surface area (Å²) in [5, 5.41) is 7.45. The summed E-state index contributed by atoms with van der Waals surface area (Å²) in [5.41, 5.74) is 6.93. The van der Waals surface area contributed by atoms with Gasteiger partial charge in [0.15, 0.2) is 5.69 Å². The lowest BCUT2D eigenvalue weighted by Gasteiger charge is -2.01. The fourth-order valence-corrected chi connectivity index (χ4v) is 0.994. The number of nitrogens with two attached hydrogens (primary N) is 1. The van der Waals surface area contributed by atoms with Crippen LogP contribution in [0.15, 0.2) is 12.2 Å². The van der Waals surface area contributed by atoms with Gasteiger partial charge in [-0.15, -0.1) is 5.10 Å². The van der Waals surface area contributed by atoms with Gasteiger partial charge in [-0.05, 0) is 13.8 Å². The molecule has 0 aliphatic rings. The molecule has 0 spiro atoms. The largest absolute Gasteiger partial charge is 0.364 e. The highest BCUT2D eigenvalue weighted by molar-refractivity contribution is 5.91. The molecule has 13 heavy (non-hydrogen) atoms. The Kier molecular flexibility index (Phi) is 2.46. The SMILES string of the molecule is C=C(C)Cn1nnc(C(N)=O)c1C. The van der Waals surface area contributed by atoms with E-state index in [4.69, 9.17) is 5.73 Å². The molecule has 0 saturated carbocycles. The monoisotopic (exact) mass is 180 g/mol. The number of hydrogen-bond donors (Lipinski definition) is 1. The van der Waals surface area contributed by atoms with Crippen molar-refractivity contribution in [3.8, 4) is 0 Å². The van der Waals surface area contributed by atoms with Gasteiger partial charge in [0, 0.05) is 0 Å². The highest BCUT2D eigenvalue weighted by Gasteiger charge is 2.12. The molecule has 1 amide bonds. The van der Waals surface area contributed by atoms with Crippen molar-refractivity contribution < 1.29 is 4.79 Å². The van der Waals surface area contributed by atoms with Crippen molar-refractivity contribution in [2.75, 3.05) is 0 Å². The topological polar surface area (TPSA) is 73.8 Å². The van der Waals surface area contributed by atoms with Crippen LogP contribution in [0.3, 0.4) is 0 Å². The van der Waals surface area contributed by atoms with E-state index in [0.29, 0.717) is 12.2 Å². The summed E-state index contributed by atoms with van der Waals surface area (Å²) >= 11 is 0. The maximum absolute atomic E-state index is 10.8.